The molecular formula is C13H24O3. The van der Waals surface area contributed by atoms with Crippen molar-refractivity contribution in [1.82, 2.24) is 0 Å². The highest BCUT2D eigenvalue weighted by atomic mass is 16.6. The van der Waals surface area contributed by atoms with Crippen molar-refractivity contribution < 1.29 is 14.9 Å². The third-order valence-corrected chi connectivity index (χ3v) is 5.07. The van der Waals surface area contributed by atoms with Gasteiger partial charge in [-0.3, -0.25) is 0 Å². The van der Waals surface area contributed by atoms with Crippen LogP contribution in [0.1, 0.15) is 46.0 Å². The third-order valence-electron chi connectivity index (χ3n) is 5.07. The van der Waals surface area contributed by atoms with Gasteiger partial charge in [0.05, 0.1) is 12.2 Å². The highest BCUT2D eigenvalue weighted by molar-refractivity contribution is 5.01. The van der Waals surface area contributed by atoms with Crippen molar-refractivity contribution in [3.05, 3.63) is 0 Å². The van der Waals surface area contributed by atoms with Crippen LogP contribution in [0.25, 0.3) is 0 Å². The molecule has 2 aliphatic carbocycles. The second-order valence-electron chi connectivity index (χ2n) is 5.76. The van der Waals surface area contributed by atoms with Gasteiger partial charge < -0.3 is 14.9 Å². The summed E-state index contributed by atoms with van der Waals surface area (Å²) in [6.07, 6.45) is 5.49. The molecule has 0 spiro atoms. The minimum absolute atomic E-state index is 0.102. The zero-order chi connectivity index (χ0) is 11.8. The molecule has 0 aliphatic heterocycles. The second-order valence-corrected chi connectivity index (χ2v) is 5.76. The van der Waals surface area contributed by atoms with E-state index in [0.717, 1.165) is 25.7 Å². The van der Waals surface area contributed by atoms with Crippen molar-refractivity contribution in [3.8, 4) is 0 Å². The zero-order valence-corrected chi connectivity index (χ0v) is 10.4. The lowest BCUT2D eigenvalue weighted by molar-refractivity contribution is -0.102. The summed E-state index contributed by atoms with van der Waals surface area (Å²) in [6, 6.07) is 0. The molecule has 2 N–H and O–H groups in total. The van der Waals surface area contributed by atoms with Crippen LogP contribution in [-0.2, 0) is 4.74 Å². The van der Waals surface area contributed by atoms with E-state index in [1.807, 2.05) is 0 Å². The Morgan fingerprint density at radius 2 is 2.12 bits per heavy atom. The fraction of sp³-hybridized carbons (Fsp3) is 1.00. The van der Waals surface area contributed by atoms with E-state index in [2.05, 4.69) is 13.8 Å². The summed E-state index contributed by atoms with van der Waals surface area (Å²) in [6.45, 7) is 4.16. The first-order chi connectivity index (χ1) is 7.59. The number of ether oxygens (including phenoxy) is 1. The van der Waals surface area contributed by atoms with Gasteiger partial charge in [-0.25, -0.2) is 0 Å². The minimum atomic E-state index is -0.193. The lowest BCUT2D eigenvalue weighted by atomic mass is 9.63. The Morgan fingerprint density at radius 1 is 1.38 bits per heavy atom. The Kier molecular flexibility index (Phi) is 3.57. The summed E-state index contributed by atoms with van der Waals surface area (Å²) >= 11 is 0. The summed E-state index contributed by atoms with van der Waals surface area (Å²) in [5, 5.41) is 18.9. The highest BCUT2D eigenvalue weighted by Gasteiger charge is 2.52. The molecule has 0 aromatic heterocycles. The Labute approximate surface area is 97.8 Å². The number of rotatable bonds is 3. The van der Waals surface area contributed by atoms with Crippen LogP contribution in [0.3, 0.4) is 0 Å². The largest absolute Gasteiger partial charge is 0.393 e. The molecule has 2 aliphatic rings. The lowest BCUT2D eigenvalue weighted by Gasteiger charge is -2.44. The third kappa shape index (κ3) is 1.89. The van der Waals surface area contributed by atoms with E-state index in [-0.39, 0.29) is 24.4 Å². The summed E-state index contributed by atoms with van der Waals surface area (Å²) in [7, 11) is 0. The molecule has 3 heteroatoms. The maximum atomic E-state index is 10.1. The van der Waals surface area contributed by atoms with Crippen molar-refractivity contribution in [2.24, 2.45) is 17.3 Å². The van der Waals surface area contributed by atoms with Gasteiger partial charge in [-0.05, 0) is 49.9 Å². The van der Waals surface area contributed by atoms with E-state index < -0.39 is 0 Å². The molecule has 0 amide bonds. The molecule has 0 bridgehead atoms. The first kappa shape index (κ1) is 12.3. The predicted molar refractivity (Wildman–Crippen MR) is 61.8 cm³/mol. The van der Waals surface area contributed by atoms with Gasteiger partial charge in [0.1, 0.15) is 6.79 Å². The summed E-state index contributed by atoms with van der Waals surface area (Å²) < 4.78 is 5.35. The van der Waals surface area contributed by atoms with Crippen LogP contribution >= 0.6 is 0 Å². The molecule has 2 fully saturated rings. The van der Waals surface area contributed by atoms with Crippen molar-refractivity contribution in [2.45, 2.75) is 58.2 Å². The molecule has 0 aromatic carbocycles. The van der Waals surface area contributed by atoms with E-state index in [9.17, 15) is 5.11 Å². The quantitative estimate of drug-likeness (QED) is 0.726. The van der Waals surface area contributed by atoms with Crippen LogP contribution in [0.2, 0.25) is 0 Å². The first-order valence-electron chi connectivity index (χ1n) is 6.50. The molecule has 0 radical (unpaired) electrons. The number of aliphatic hydroxyl groups excluding tert-OH is 2. The Bertz CT molecular complexity index is 243. The fourth-order valence-corrected chi connectivity index (χ4v) is 4.19. The van der Waals surface area contributed by atoms with Crippen LogP contribution in [0.4, 0.5) is 0 Å². The molecule has 0 aromatic rings. The molecule has 5 atom stereocenters. The Hall–Kier alpha value is -0.120. The number of hydrogen-bond donors (Lipinski definition) is 2. The summed E-state index contributed by atoms with van der Waals surface area (Å²) in [4.78, 5) is 0. The zero-order valence-electron chi connectivity index (χ0n) is 10.4. The minimum Gasteiger partial charge on any atom is -0.393 e. The molecule has 3 nitrogen and oxygen atoms in total. The molecular weight excluding hydrogens is 204 g/mol. The topological polar surface area (TPSA) is 49.7 Å². The molecule has 0 heterocycles. The predicted octanol–water partition coefficient (Wildman–Crippen LogP) is 1.92. The van der Waals surface area contributed by atoms with E-state index in [0.29, 0.717) is 11.8 Å². The van der Waals surface area contributed by atoms with E-state index in [1.54, 1.807) is 0 Å². The fourth-order valence-electron chi connectivity index (χ4n) is 4.19. The maximum absolute atomic E-state index is 10.1. The van der Waals surface area contributed by atoms with Crippen molar-refractivity contribution in [2.75, 3.05) is 6.79 Å². The number of fused-ring (bicyclic) bond motifs is 1. The van der Waals surface area contributed by atoms with Crippen molar-refractivity contribution >= 4 is 0 Å². The highest BCUT2D eigenvalue weighted by Crippen LogP contribution is 2.56. The molecule has 0 saturated heterocycles. The van der Waals surface area contributed by atoms with Crippen molar-refractivity contribution in [3.63, 3.8) is 0 Å². The van der Waals surface area contributed by atoms with Crippen LogP contribution in [0.15, 0.2) is 0 Å². The van der Waals surface area contributed by atoms with Gasteiger partial charge in [0.25, 0.3) is 0 Å². The standard InChI is InChI=1S/C13H24O3/c1-9(16-8-14)10-5-6-11-12(15)4-3-7-13(10,11)2/h9-12,14-15H,3-8H2,1-2H3/t9-,10+,11?,12-,13+/m0/s1. The van der Waals surface area contributed by atoms with E-state index in [4.69, 9.17) is 9.84 Å². The van der Waals surface area contributed by atoms with Crippen LogP contribution < -0.4 is 0 Å². The molecule has 2 saturated carbocycles. The first-order valence-corrected chi connectivity index (χ1v) is 6.50. The van der Waals surface area contributed by atoms with Gasteiger partial charge in [-0.1, -0.05) is 13.3 Å². The van der Waals surface area contributed by atoms with E-state index >= 15 is 0 Å². The number of hydrogen-bond acceptors (Lipinski definition) is 3. The Morgan fingerprint density at radius 3 is 2.81 bits per heavy atom. The maximum Gasteiger partial charge on any atom is 0.143 e. The van der Waals surface area contributed by atoms with Gasteiger partial charge in [-0.15, -0.1) is 0 Å². The van der Waals surface area contributed by atoms with Gasteiger partial charge in [0, 0.05) is 0 Å². The molecule has 1 unspecified atom stereocenters. The molecule has 94 valence electrons. The lowest BCUT2D eigenvalue weighted by Crippen LogP contribution is -2.43. The number of aliphatic hydroxyl groups is 2. The normalized spacial score (nSPS) is 45.4. The monoisotopic (exact) mass is 228 g/mol. The van der Waals surface area contributed by atoms with Gasteiger partial charge in [0.15, 0.2) is 0 Å². The Balaban J connectivity index is 2.11. The van der Waals surface area contributed by atoms with Crippen LogP contribution in [0, 0.1) is 17.3 Å². The average Bonchev–Trinajstić information content (AvgIpc) is 2.57. The van der Waals surface area contributed by atoms with Crippen molar-refractivity contribution in [1.29, 1.82) is 0 Å². The average molecular weight is 228 g/mol. The van der Waals surface area contributed by atoms with Gasteiger partial charge in [0.2, 0.25) is 0 Å². The van der Waals surface area contributed by atoms with E-state index in [1.165, 1.54) is 6.42 Å². The molecule has 16 heavy (non-hydrogen) atoms. The summed E-state index contributed by atoms with van der Waals surface area (Å²) in [5.41, 5.74) is 0.215. The molecule has 2 rings (SSSR count). The summed E-state index contributed by atoms with van der Waals surface area (Å²) in [5.74, 6) is 0.926. The SMILES string of the molecule is C[C@H](OCO)[C@H]1CCC2[C@@H](O)CCC[C@@]21C. The van der Waals surface area contributed by atoms with Gasteiger partial charge >= 0.3 is 0 Å². The van der Waals surface area contributed by atoms with Gasteiger partial charge in [-0.2, -0.15) is 0 Å². The second kappa shape index (κ2) is 4.63. The van der Waals surface area contributed by atoms with Crippen LogP contribution in [-0.4, -0.2) is 29.2 Å². The van der Waals surface area contributed by atoms with Crippen LogP contribution in [0.5, 0.6) is 0 Å². The smallest absolute Gasteiger partial charge is 0.143 e.